The van der Waals surface area contributed by atoms with Crippen molar-refractivity contribution in [3.8, 4) is 0 Å². The van der Waals surface area contributed by atoms with Gasteiger partial charge >= 0.3 is 75.6 Å². The zero-order chi connectivity index (χ0) is 27.3. The van der Waals surface area contributed by atoms with E-state index in [2.05, 4.69) is 116 Å². The smallest absolute Gasteiger partial charge is 1.00 e. The second-order valence-electron chi connectivity index (χ2n) is 10.6. The van der Waals surface area contributed by atoms with Gasteiger partial charge in [0.05, 0.1) is 0 Å². The molecule has 0 heterocycles. The van der Waals surface area contributed by atoms with Crippen molar-refractivity contribution in [1.82, 2.24) is 0 Å². The summed E-state index contributed by atoms with van der Waals surface area (Å²) in [5.74, 6) is 1.22. The third-order valence-corrected chi connectivity index (χ3v) is 9.80. The Morgan fingerprint density at radius 1 is 0.641 bits per heavy atom. The summed E-state index contributed by atoms with van der Waals surface area (Å²) in [5.41, 5.74) is 8.46. The zero-order valence-electron chi connectivity index (χ0n) is 24.2. The second-order valence-corrected chi connectivity index (χ2v) is 13.7. The molecule has 0 nitrogen and oxygen atoms in total. The van der Waals surface area contributed by atoms with Gasteiger partial charge in [-0.1, -0.05) is 78.6 Å². The Morgan fingerprint density at radius 3 is 1.36 bits per heavy atom. The molecular formula is C34H38Cl3SiZr-2. The Kier molecular flexibility index (Phi) is 15.0. The van der Waals surface area contributed by atoms with E-state index in [0.717, 1.165) is 11.2 Å². The first-order chi connectivity index (χ1) is 17.5. The van der Waals surface area contributed by atoms with Gasteiger partial charge in [0.1, 0.15) is 0 Å². The number of halogens is 3. The van der Waals surface area contributed by atoms with Gasteiger partial charge in [0.2, 0.25) is 0 Å². The molecule has 0 aliphatic heterocycles. The van der Waals surface area contributed by atoms with Gasteiger partial charge in [0, 0.05) is 0 Å². The molecule has 0 aliphatic rings. The first kappa shape index (κ1) is 35.9. The molecule has 39 heavy (non-hydrogen) atoms. The first-order valence-electron chi connectivity index (χ1n) is 13.0. The Bertz CT molecular complexity index is 1400. The molecule has 0 fully saturated rings. The SMILES string of the molecule is Cc1cc2c(C(C)C)ccc(C)c2[cH-]1.Cc1cc2c(C(C)C)ccc(C)c2[cH-]1.Clc1ccc([Si]=[Zr+2])cc1.[Cl-].[Cl-]. The van der Waals surface area contributed by atoms with E-state index in [1.165, 1.54) is 60.1 Å². The third kappa shape index (κ3) is 9.44. The fraction of sp³-hybridized carbons (Fsp3) is 0.294. The number of hydrogen-bond donors (Lipinski definition) is 0. The van der Waals surface area contributed by atoms with Crippen LogP contribution in [0.5, 0.6) is 0 Å². The van der Waals surface area contributed by atoms with E-state index in [1.54, 1.807) is 23.3 Å². The van der Waals surface area contributed by atoms with Crippen LogP contribution in [0.4, 0.5) is 0 Å². The standard InChI is InChI=1S/2C14H17.C6H4ClSi.2ClH.Zr/c2*1-9(2)12-6-5-11(4)13-7-10(3)8-14(12)13;7-5-1-3-6(8)4-2-5;;;/h2*5-9H,1-4H3;1-4H;2*1H;/q2*-1;;;;+2/p-2. The van der Waals surface area contributed by atoms with Crippen LogP contribution < -0.4 is 30.0 Å². The molecule has 0 spiro atoms. The summed E-state index contributed by atoms with van der Waals surface area (Å²) >= 11 is 7.25. The van der Waals surface area contributed by atoms with Crippen molar-refractivity contribution in [2.75, 3.05) is 0 Å². The number of benzene rings is 3. The van der Waals surface area contributed by atoms with E-state index in [9.17, 15) is 0 Å². The summed E-state index contributed by atoms with van der Waals surface area (Å²) in [5, 5.41) is 7.96. The minimum atomic E-state index is 0. The van der Waals surface area contributed by atoms with Crippen molar-refractivity contribution in [2.24, 2.45) is 0 Å². The maximum absolute atomic E-state index is 5.68. The molecule has 5 heteroatoms. The van der Waals surface area contributed by atoms with Crippen LogP contribution in [0.15, 0.2) is 72.8 Å². The van der Waals surface area contributed by atoms with Gasteiger partial charge in [0.15, 0.2) is 0 Å². The molecular weight excluding hydrogens is 634 g/mol. The number of fused-ring (bicyclic) bond motifs is 2. The van der Waals surface area contributed by atoms with Crippen molar-refractivity contribution in [1.29, 1.82) is 0 Å². The molecule has 0 bridgehead atoms. The average molecular weight is 672 g/mol. The number of aryl methyl sites for hydroxylation is 4. The van der Waals surface area contributed by atoms with Gasteiger partial charge < -0.3 is 24.8 Å². The van der Waals surface area contributed by atoms with Crippen LogP contribution in [-0.2, 0) is 23.3 Å². The van der Waals surface area contributed by atoms with E-state index in [4.69, 9.17) is 11.6 Å². The Labute approximate surface area is 269 Å². The Balaban J connectivity index is 0.000000292. The normalized spacial score (nSPS) is 10.4. The third-order valence-electron chi connectivity index (χ3n) is 6.80. The molecule has 0 N–H and O–H groups in total. The summed E-state index contributed by atoms with van der Waals surface area (Å²) in [6.45, 7) is 17.7. The monoisotopic (exact) mass is 669 g/mol. The number of rotatable bonds is 3. The molecule has 5 aromatic rings. The van der Waals surface area contributed by atoms with Crippen LogP contribution in [-0.4, -0.2) is 6.16 Å². The van der Waals surface area contributed by atoms with E-state index < -0.39 is 0 Å². The number of hydrogen-bond acceptors (Lipinski definition) is 0. The molecule has 0 aliphatic carbocycles. The molecule has 205 valence electrons. The largest absolute Gasteiger partial charge is 1.00 e. The van der Waals surface area contributed by atoms with E-state index in [0.29, 0.717) is 11.8 Å². The van der Waals surface area contributed by atoms with Crippen LogP contribution >= 0.6 is 11.6 Å². The average Bonchev–Trinajstić information content (AvgIpc) is 3.43. The van der Waals surface area contributed by atoms with Crippen LogP contribution in [0.25, 0.3) is 21.5 Å². The maximum atomic E-state index is 5.68. The Morgan fingerprint density at radius 2 is 1.03 bits per heavy atom. The van der Waals surface area contributed by atoms with Gasteiger partial charge in [0.25, 0.3) is 0 Å². The maximum Gasteiger partial charge on any atom is -1.00 e. The molecule has 0 saturated heterocycles. The van der Waals surface area contributed by atoms with Gasteiger partial charge in [-0.15, -0.1) is 68.1 Å². The molecule has 0 amide bonds. The summed E-state index contributed by atoms with van der Waals surface area (Å²) in [6, 6.07) is 26.2. The fourth-order valence-corrected chi connectivity index (χ4v) is 6.45. The van der Waals surface area contributed by atoms with Crippen LogP contribution in [0.1, 0.15) is 72.9 Å². The van der Waals surface area contributed by atoms with Gasteiger partial charge in [-0.2, -0.15) is 12.1 Å². The molecule has 0 unspecified atom stereocenters. The minimum absolute atomic E-state index is 0. The predicted octanol–water partition coefficient (Wildman–Crippen LogP) is 3.74. The fourth-order valence-electron chi connectivity index (χ4n) is 4.76. The van der Waals surface area contributed by atoms with Gasteiger partial charge in [-0.25, -0.2) is 0 Å². The predicted molar refractivity (Wildman–Crippen MR) is 163 cm³/mol. The summed E-state index contributed by atoms with van der Waals surface area (Å²) in [6.07, 6.45) is 0.958. The molecule has 1 radical (unpaired) electrons. The zero-order valence-corrected chi connectivity index (χ0v) is 29.9. The van der Waals surface area contributed by atoms with E-state index in [-0.39, 0.29) is 24.8 Å². The molecule has 0 aromatic heterocycles. The minimum Gasteiger partial charge on any atom is -1.00 e. The quantitative estimate of drug-likeness (QED) is 0.203. The molecule has 5 aromatic carbocycles. The Hall–Kier alpha value is -1.15. The summed E-state index contributed by atoms with van der Waals surface area (Å²) < 4.78 is 0. The van der Waals surface area contributed by atoms with Crippen molar-refractivity contribution in [2.45, 2.75) is 67.2 Å². The second kappa shape index (κ2) is 16.3. The van der Waals surface area contributed by atoms with Gasteiger partial charge in [-0.3, -0.25) is 0 Å². The van der Waals surface area contributed by atoms with Crippen molar-refractivity contribution < 1.29 is 48.1 Å². The topological polar surface area (TPSA) is 0 Å². The van der Waals surface area contributed by atoms with E-state index in [1.807, 2.05) is 12.1 Å². The van der Waals surface area contributed by atoms with Gasteiger partial charge in [-0.05, 0) is 11.8 Å². The molecule has 0 atom stereocenters. The van der Waals surface area contributed by atoms with Crippen LogP contribution in [0.2, 0.25) is 5.02 Å². The molecule has 0 saturated carbocycles. The van der Waals surface area contributed by atoms with Crippen LogP contribution in [0.3, 0.4) is 0 Å². The molecule has 5 rings (SSSR count). The van der Waals surface area contributed by atoms with Crippen molar-refractivity contribution in [3.63, 3.8) is 0 Å². The van der Waals surface area contributed by atoms with Crippen LogP contribution in [0, 0.1) is 27.7 Å². The first-order valence-corrected chi connectivity index (χ1v) is 18.1. The van der Waals surface area contributed by atoms with E-state index >= 15 is 0 Å². The summed E-state index contributed by atoms with van der Waals surface area (Å²) in [4.78, 5) is 0. The van der Waals surface area contributed by atoms with Crippen molar-refractivity contribution in [3.05, 3.63) is 111 Å². The summed E-state index contributed by atoms with van der Waals surface area (Å²) in [7, 11) is 0. The van der Waals surface area contributed by atoms with Crippen molar-refractivity contribution >= 4 is 44.5 Å².